The number of nitrogens with zero attached hydrogens (tertiary/aromatic N) is 2. The maximum absolute atomic E-state index is 14.7. The van der Waals surface area contributed by atoms with E-state index in [2.05, 4.69) is 5.32 Å². The van der Waals surface area contributed by atoms with Gasteiger partial charge in [0.1, 0.15) is 12.6 Å². The van der Waals surface area contributed by atoms with Crippen LogP contribution in [0.25, 0.3) is 0 Å². The van der Waals surface area contributed by atoms with Gasteiger partial charge in [-0.05, 0) is 66.4 Å². The highest BCUT2D eigenvalue weighted by molar-refractivity contribution is 7.92. The number of hydrogen-bond donors (Lipinski definition) is 1. The van der Waals surface area contributed by atoms with Crippen LogP contribution in [-0.2, 0) is 32.6 Å². The van der Waals surface area contributed by atoms with E-state index < -0.39 is 28.5 Å². The predicted octanol–water partition coefficient (Wildman–Crippen LogP) is 8.58. The summed E-state index contributed by atoms with van der Waals surface area (Å²) in [5, 5.41) is 4.24. The lowest BCUT2D eigenvalue weighted by Gasteiger charge is -2.35. The largest absolute Gasteiger partial charge is 0.352 e. The van der Waals surface area contributed by atoms with E-state index in [-0.39, 0.29) is 40.5 Å². The van der Waals surface area contributed by atoms with Crippen LogP contribution >= 0.6 is 46.4 Å². The number of carbonyl (C=O) groups is 2. The molecule has 1 aliphatic carbocycles. The Morgan fingerprint density at radius 1 is 0.771 bits per heavy atom. The van der Waals surface area contributed by atoms with Crippen LogP contribution < -0.4 is 9.62 Å². The molecule has 1 unspecified atom stereocenters. The summed E-state index contributed by atoms with van der Waals surface area (Å²) in [5.74, 6) is -0.961. The minimum absolute atomic E-state index is 0.0246. The van der Waals surface area contributed by atoms with E-state index in [0.717, 1.165) is 42.0 Å². The molecule has 2 amide bonds. The summed E-state index contributed by atoms with van der Waals surface area (Å²) < 4.78 is 29.3. The van der Waals surface area contributed by atoms with Gasteiger partial charge in [0.15, 0.2) is 0 Å². The van der Waals surface area contributed by atoms with Gasteiger partial charge in [-0.2, -0.15) is 0 Å². The van der Waals surface area contributed by atoms with Crippen molar-refractivity contribution < 1.29 is 18.0 Å². The van der Waals surface area contributed by atoms with Gasteiger partial charge in [-0.3, -0.25) is 13.9 Å². The number of sulfonamides is 1. The van der Waals surface area contributed by atoms with Gasteiger partial charge in [0.25, 0.3) is 10.0 Å². The van der Waals surface area contributed by atoms with E-state index in [4.69, 9.17) is 46.4 Å². The molecule has 12 heteroatoms. The highest BCUT2D eigenvalue weighted by atomic mass is 35.5. The van der Waals surface area contributed by atoms with Gasteiger partial charge in [-0.15, -0.1) is 0 Å². The van der Waals surface area contributed by atoms with Gasteiger partial charge in [0.2, 0.25) is 11.8 Å². The summed E-state index contributed by atoms with van der Waals surface area (Å²) in [6.07, 6.45) is 5.00. The van der Waals surface area contributed by atoms with Gasteiger partial charge in [-0.25, -0.2) is 8.42 Å². The Morgan fingerprint density at radius 2 is 1.38 bits per heavy atom. The van der Waals surface area contributed by atoms with Crippen LogP contribution in [-0.4, -0.2) is 43.8 Å². The Labute approximate surface area is 301 Å². The zero-order valence-corrected chi connectivity index (χ0v) is 29.8. The van der Waals surface area contributed by atoms with E-state index in [1.165, 1.54) is 35.2 Å². The van der Waals surface area contributed by atoms with Crippen LogP contribution in [0.2, 0.25) is 20.1 Å². The third-order valence-corrected chi connectivity index (χ3v) is 11.3. The van der Waals surface area contributed by atoms with Crippen LogP contribution in [0, 0.1) is 0 Å². The summed E-state index contributed by atoms with van der Waals surface area (Å²) in [6.45, 7) is -0.746. The van der Waals surface area contributed by atoms with Crippen molar-refractivity contribution in [2.45, 2.75) is 62.0 Å². The summed E-state index contributed by atoms with van der Waals surface area (Å²) in [6, 6.07) is 25.4. The molecule has 7 nitrogen and oxygen atoms in total. The number of hydrogen-bond acceptors (Lipinski definition) is 4. The fourth-order valence-electron chi connectivity index (χ4n) is 5.85. The molecule has 4 aromatic carbocycles. The molecule has 252 valence electrons. The van der Waals surface area contributed by atoms with Crippen LogP contribution in [0.5, 0.6) is 0 Å². The normalized spacial score (nSPS) is 14.2. The molecule has 1 N–H and O–H groups in total. The van der Waals surface area contributed by atoms with Gasteiger partial charge in [0, 0.05) is 34.1 Å². The summed E-state index contributed by atoms with van der Waals surface area (Å²) in [7, 11) is -4.32. The van der Waals surface area contributed by atoms with Crippen LogP contribution in [0.4, 0.5) is 5.69 Å². The molecule has 0 aromatic heterocycles. The maximum Gasteiger partial charge on any atom is 0.264 e. The number of amides is 2. The van der Waals surface area contributed by atoms with Crippen LogP contribution in [0.3, 0.4) is 0 Å². The molecule has 0 radical (unpaired) electrons. The number of halogens is 4. The first kappa shape index (κ1) is 36.0. The smallest absolute Gasteiger partial charge is 0.264 e. The zero-order valence-electron chi connectivity index (χ0n) is 26.0. The highest BCUT2D eigenvalue weighted by Gasteiger charge is 2.36. The molecular formula is C36H35Cl4N3O4S. The van der Waals surface area contributed by atoms with E-state index in [1.54, 1.807) is 36.4 Å². The average Bonchev–Trinajstić information content (AvgIpc) is 3.07. The van der Waals surface area contributed by atoms with Crippen molar-refractivity contribution in [2.75, 3.05) is 10.8 Å². The number of carbonyl (C=O) groups excluding carboxylic acids is 2. The average molecular weight is 748 g/mol. The van der Waals surface area contributed by atoms with Crippen LogP contribution in [0.15, 0.2) is 102 Å². The Bertz CT molecular complexity index is 1840. The number of rotatable bonds is 12. The van der Waals surface area contributed by atoms with Crippen molar-refractivity contribution >= 4 is 73.9 Å². The number of anilines is 1. The minimum atomic E-state index is -4.32. The SMILES string of the molecule is O=C(NC1CCCCC1)C(Cc1ccccc1)N(Cc1ccc(Cl)cc1Cl)C(=O)CN(c1ccc(Cl)cc1Cl)S(=O)(=O)c1ccccc1. The predicted molar refractivity (Wildman–Crippen MR) is 193 cm³/mol. The standard InChI is InChI=1S/C36H35Cl4N3O4S/c37-27-17-16-26(31(39)21-27)23-42(34(20-25-10-4-1-5-11-25)36(45)41-29-12-6-2-7-13-29)35(44)24-43(33-19-18-28(38)22-32(33)40)48(46,47)30-14-8-3-9-15-30/h1,3-5,8-11,14-19,21-22,29,34H,2,6-7,12-13,20,23-24H2,(H,41,45). The minimum Gasteiger partial charge on any atom is -0.352 e. The van der Waals surface area contributed by atoms with E-state index >= 15 is 0 Å². The number of nitrogens with one attached hydrogen (secondary N) is 1. The quantitative estimate of drug-likeness (QED) is 0.157. The fourth-order valence-corrected chi connectivity index (χ4v) is 8.33. The Kier molecular flexibility index (Phi) is 12.3. The van der Waals surface area contributed by atoms with Crippen LogP contribution in [0.1, 0.15) is 43.2 Å². The topological polar surface area (TPSA) is 86.8 Å². The van der Waals surface area contributed by atoms with Gasteiger partial charge >= 0.3 is 0 Å². The monoisotopic (exact) mass is 745 g/mol. The molecule has 4 aromatic rings. The first-order valence-electron chi connectivity index (χ1n) is 15.6. The van der Waals surface area contributed by atoms with Crippen molar-refractivity contribution in [1.82, 2.24) is 10.2 Å². The lowest BCUT2D eigenvalue weighted by Crippen LogP contribution is -2.55. The summed E-state index contributed by atoms with van der Waals surface area (Å²) >= 11 is 25.5. The van der Waals surface area contributed by atoms with Gasteiger partial charge in [0.05, 0.1) is 15.6 Å². The highest BCUT2D eigenvalue weighted by Crippen LogP contribution is 2.33. The van der Waals surface area contributed by atoms with Crippen molar-refractivity contribution in [3.63, 3.8) is 0 Å². The first-order chi connectivity index (χ1) is 23.0. The Balaban J connectivity index is 1.59. The molecule has 1 atom stereocenters. The lowest BCUT2D eigenvalue weighted by molar-refractivity contribution is -0.140. The first-order valence-corrected chi connectivity index (χ1v) is 18.6. The van der Waals surface area contributed by atoms with Gasteiger partial charge < -0.3 is 10.2 Å². The molecule has 5 rings (SSSR count). The second kappa shape index (κ2) is 16.4. The molecule has 0 saturated heterocycles. The second-order valence-electron chi connectivity index (χ2n) is 11.7. The fraction of sp³-hybridized carbons (Fsp3) is 0.278. The van der Waals surface area contributed by atoms with Crippen molar-refractivity contribution in [2.24, 2.45) is 0 Å². The maximum atomic E-state index is 14.7. The van der Waals surface area contributed by atoms with E-state index in [9.17, 15) is 18.0 Å². The summed E-state index contributed by atoms with van der Waals surface area (Å²) in [4.78, 5) is 30.3. The van der Waals surface area contributed by atoms with Gasteiger partial charge in [-0.1, -0.05) is 120 Å². The molecule has 1 aliphatic rings. The molecule has 1 saturated carbocycles. The Hall–Kier alpha value is -3.27. The summed E-state index contributed by atoms with van der Waals surface area (Å²) in [5.41, 5.74) is 1.43. The molecule has 0 heterocycles. The third-order valence-electron chi connectivity index (χ3n) is 8.37. The zero-order chi connectivity index (χ0) is 34.3. The van der Waals surface area contributed by atoms with Crippen molar-refractivity contribution in [1.29, 1.82) is 0 Å². The molecule has 0 spiro atoms. The van der Waals surface area contributed by atoms with E-state index in [1.807, 2.05) is 30.3 Å². The molecular weight excluding hydrogens is 712 g/mol. The second-order valence-corrected chi connectivity index (χ2v) is 15.3. The molecule has 0 bridgehead atoms. The lowest BCUT2D eigenvalue weighted by atomic mass is 9.94. The number of benzene rings is 4. The molecule has 48 heavy (non-hydrogen) atoms. The van der Waals surface area contributed by atoms with E-state index in [0.29, 0.717) is 20.6 Å². The molecule has 0 aliphatic heterocycles. The Morgan fingerprint density at radius 3 is 2.00 bits per heavy atom. The molecule has 1 fully saturated rings. The third kappa shape index (κ3) is 9.04. The van der Waals surface area contributed by atoms with Crippen molar-refractivity contribution in [3.8, 4) is 0 Å². The van der Waals surface area contributed by atoms with Crippen molar-refractivity contribution in [3.05, 3.63) is 128 Å².